The number of aryl methyl sites for hydroxylation is 1. The van der Waals surface area contributed by atoms with Gasteiger partial charge in [-0.3, -0.25) is 0 Å². The Morgan fingerprint density at radius 3 is 2.13 bits per heavy atom. The van der Waals surface area contributed by atoms with Crippen molar-refractivity contribution in [3.63, 3.8) is 0 Å². The third-order valence-corrected chi connectivity index (χ3v) is 10.6. The van der Waals surface area contributed by atoms with E-state index in [0.29, 0.717) is 6.61 Å². The molecular weight excluding hydrogens is 384 g/mol. The normalized spacial score (nSPS) is 15.0. The molecule has 2 aromatic rings. The van der Waals surface area contributed by atoms with E-state index in [1.54, 1.807) is 0 Å². The van der Waals surface area contributed by atoms with Gasteiger partial charge in [0.2, 0.25) is 0 Å². The van der Waals surface area contributed by atoms with Crippen LogP contribution in [0.3, 0.4) is 0 Å². The topological polar surface area (TPSA) is 29.5 Å². The van der Waals surface area contributed by atoms with E-state index in [1.165, 1.54) is 5.56 Å². The fourth-order valence-corrected chi connectivity index (χ4v) is 4.01. The average molecular weight is 423 g/mol. The predicted molar refractivity (Wildman–Crippen MR) is 131 cm³/mol. The number of allylic oxidation sites excluding steroid dienone is 2. The van der Waals surface area contributed by atoms with Crippen molar-refractivity contribution >= 4 is 8.32 Å². The van der Waals surface area contributed by atoms with Crippen molar-refractivity contribution in [3.05, 3.63) is 96.1 Å². The minimum Gasteiger partial charge on any atom is -0.413 e. The van der Waals surface area contributed by atoms with Crippen LogP contribution in [0, 0.1) is 0 Å². The number of hydrogen-bond donors (Lipinski definition) is 1. The molecular formula is C27H38O2Si. The Balaban J connectivity index is 1.98. The van der Waals surface area contributed by atoms with Gasteiger partial charge in [-0.15, -0.1) is 0 Å². The molecule has 0 aliphatic rings. The summed E-state index contributed by atoms with van der Waals surface area (Å²) < 4.78 is 6.19. The van der Waals surface area contributed by atoms with E-state index >= 15 is 0 Å². The Labute approximate surface area is 184 Å². The van der Waals surface area contributed by atoms with Crippen molar-refractivity contribution in [1.29, 1.82) is 0 Å². The largest absolute Gasteiger partial charge is 0.413 e. The van der Waals surface area contributed by atoms with Crippen LogP contribution in [0.1, 0.15) is 44.2 Å². The molecule has 0 saturated carbocycles. The lowest BCUT2D eigenvalue weighted by atomic mass is 9.89. The second kappa shape index (κ2) is 11.4. The van der Waals surface area contributed by atoms with E-state index in [-0.39, 0.29) is 11.0 Å². The SMILES string of the molecule is CC(C)(C)[Si](C)(C)OC/C=C/C=C\[C@H](c1ccccc1)[C@H](O)CCc1ccccc1. The van der Waals surface area contributed by atoms with E-state index in [1.807, 2.05) is 48.6 Å². The van der Waals surface area contributed by atoms with E-state index in [9.17, 15) is 5.11 Å². The van der Waals surface area contributed by atoms with Crippen molar-refractivity contribution in [2.75, 3.05) is 6.61 Å². The summed E-state index contributed by atoms with van der Waals surface area (Å²) >= 11 is 0. The predicted octanol–water partition coefficient (Wildman–Crippen LogP) is 6.90. The number of benzene rings is 2. The third-order valence-electron chi connectivity index (χ3n) is 6.08. The summed E-state index contributed by atoms with van der Waals surface area (Å²) in [6.45, 7) is 11.9. The molecule has 0 heterocycles. The number of hydrogen-bond acceptors (Lipinski definition) is 2. The Bertz CT molecular complexity index is 789. The molecule has 0 fully saturated rings. The molecule has 2 aromatic carbocycles. The Morgan fingerprint density at radius 1 is 0.933 bits per heavy atom. The fourth-order valence-electron chi connectivity index (χ4n) is 3.07. The van der Waals surface area contributed by atoms with E-state index < -0.39 is 14.4 Å². The van der Waals surface area contributed by atoms with Crippen molar-refractivity contribution in [1.82, 2.24) is 0 Å². The van der Waals surface area contributed by atoms with Gasteiger partial charge in [0.15, 0.2) is 8.32 Å². The van der Waals surface area contributed by atoms with Gasteiger partial charge in [0.05, 0.1) is 12.7 Å². The molecule has 0 aliphatic heterocycles. The summed E-state index contributed by atoms with van der Waals surface area (Å²) in [6.07, 6.45) is 9.41. The number of aliphatic hydroxyl groups excluding tert-OH is 1. The highest BCUT2D eigenvalue weighted by atomic mass is 28.4. The first-order valence-electron chi connectivity index (χ1n) is 10.9. The molecule has 0 bridgehead atoms. The standard InChI is InChI=1S/C27H38O2Si/c1-27(2,3)30(4,5)29-22-14-8-13-19-25(24-17-11-7-12-18-24)26(28)21-20-23-15-9-6-10-16-23/h6-19,25-26,28H,20-22H2,1-5H3/b14-8+,19-13-/t25-,26-/m1/s1. The molecule has 1 N–H and O–H groups in total. The molecule has 2 nitrogen and oxygen atoms in total. The van der Waals surface area contributed by atoms with Gasteiger partial charge in [-0.1, -0.05) is 106 Å². The highest BCUT2D eigenvalue weighted by molar-refractivity contribution is 6.74. The van der Waals surface area contributed by atoms with E-state index in [4.69, 9.17) is 4.43 Å². The molecule has 0 spiro atoms. The monoisotopic (exact) mass is 422 g/mol. The van der Waals surface area contributed by atoms with Crippen LogP contribution in [-0.4, -0.2) is 26.1 Å². The first-order chi connectivity index (χ1) is 14.2. The van der Waals surface area contributed by atoms with E-state index in [2.05, 4.69) is 70.3 Å². The quantitative estimate of drug-likeness (QED) is 0.333. The molecule has 2 atom stereocenters. The maximum Gasteiger partial charge on any atom is 0.192 e. The van der Waals surface area contributed by atoms with E-state index in [0.717, 1.165) is 18.4 Å². The fraction of sp³-hybridized carbons (Fsp3) is 0.407. The maximum absolute atomic E-state index is 10.9. The summed E-state index contributed by atoms with van der Waals surface area (Å²) in [5, 5.41) is 11.1. The second-order valence-electron chi connectivity index (χ2n) is 9.41. The molecule has 0 unspecified atom stereocenters. The van der Waals surface area contributed by atoms with Crippen LogP contribution in [0.15, 0.2) is 85.0 Å². The molecule has 0 amide bonds. The molecule has 0 aliphatic carbocycles. The zero-order valence-corrected chi connectivity index (χ0v) is 20.2. The number of rotatable bonds is 10. The van der Waals surface area contributed by atoms with Gasteiger partial charge < -0.3 is 9.53 Å². The first kappa shape index (κ1) is 24.3. The molecule has 3 heteroatoms. The van der Waals surface area contributed by atoms with Gasteiger partial charge in [0.25, 0.3) is 0 Å². The van der Waals surface area contributed by atoms with Crippen LogP contribution in [0.5, 0.6) is 0 Å². The molecule has 2 rings (SSSR count). The Kier molecular flexibility index (Phi) is 9.28. The molecule has 30 heavy (non-hydrogen) atoms. The van der Waals surface area contributed by atoms with Gasteiger partial charge in [-0.25, -0.2) is 0 Å². The molecule has 0 aromatic heterocycles. The van der Waals surface area contributed by atoms with Crippen LogP contribution < -0.4 is 0 Å². The van der Waals surface area contributed by atoms with Gasteiger partial charge in [-0.05, 0) is 42.1 Å². The lowest BCUT2D eigenvalue weighted by molar-refractivity contribution is 0.149. The smallest absolute Gasteiger partial charge is 0.192 e. The minimum absolute atomic E-state index is 0.0270. The van der Waals surface area contributed by atoms with Crippen molar-refractivity contribution < 1.29 is 9.53 Å². The molecule has 0 radical (unpaired) electrons. The summed E-state index contributed by atoms with van der Waals surface area (Å²) in [4.78, 5) is 0. The van der Waals surface area contributed by atoms with Crippen LogP contribution in [-0.2, 0) is 10.8 Å². The second-order valence-corrected chi connectivity index (χ2v) is 14.2. The van der Waals surface area contributed by atoms with Crippen LogP contribution in [0.2, 0.25) is 18.1 Å². The summed E-state index contributed by atoms with van der Waals surface area (Å²) in [7, 11) is -1.72. The third kappa shape index (κ3) is 7.71. The Morgan fingerprint density at radius 2 is 1.53 bits per heavy atom. The van der Waals surface area contributed by atoms with Crippen molar-refractivity contribution in [2.24, 2.45) is 0 Å². The summed E-state index contributed by atoms with van der Waals surface area (Å²) in [5.74, 6) is -0.0270. The highest BCUT2D eigenvalue weighted by Gasteiger charge is 2.36. The average Bonchev–Trinajstić information content (AvgIpc) is 2.72. The highest BCUT2D eigenvalue weighted by Crippen LogP contribution is 2.36. The molecule has 162 valence electrons. The zero-order valence-electron chi connectivity index (χ0n) is 19.2. The van der Waals surface area contributed by atoms with Crippen molar-refractivity contribution in [2.45, 2.75) is 63.8 Å². The lowest BCUT2D eigenvalue weighted by Gasteiger charge is -2.35. The van der Waals surface area contributed by atoms with Gasteiger partial charge in [0, 0.05) is 5.92 Å². The summed E-state index contributed by atoms with van der Waals surface area (Å²) in [5.41, 5.74) is 2.40. The first-order valence-corrected chi connectivity index (χ1v) is 13.9. The van der Waals surface area contributed by atoms with Crippen LogP contribution in [0.4, 0.5) is 0 Å². The zero-order chi connectivity index (χ0) is 22.0. The minimum atomic E-state index is -1.72. The molecule has 0 saturated heterocycles. The van der Waals surface area contributed by atoms with Gasteiger partial charge in [0.1, 0.15) is 0 Å². The van der Waals surface area contributed by atoms with Gasteiger partial charge >= 0.3 is 0 Å². The maximum atomic E-state index is 10.9. The Hall–Kier alpha value is -1.94. The van der Waals surface area contributed by atoms with Gasteiger partial charge in [-0.2, -0.15) is 0 Å². The lowest BCUT2D eigenvalue weighted by Crippen LogP contribution is -2.40. The van der Waals surface area contributed by atoms with Crippen molar-refractivity contribution in [3.8, 4) is 0 Å². The summed E-state index contributed by atoms with van der Waals surface area (Å²) in [6, 6.07) is 20.6. The van der Waals surface area contributed by atoms with Crippen LogP contribution in [0.25, 0.3) is 0 Å². The van der Waals surface area contributed by atoms with Crippen LogP contribution >= 0.6 is 0 Å². The number of aliphatic hydroxyl groups is 1.